The lowest BCUT2D eigenvalue weighted by Gasteiger charge is -2.31. The summed E-state index contributed by atoms with van der Waals surface area (Å²) in [5.41, 5.74) is -0.133. The van der Waals surface area contributed by atoms with Crippen molar-refractivity contribution >= 4 is 5.91 Å². The zero-order chi connectivity index (χ0) is 13.4. The van der Waals surface area contributed by atoms with Crippen LogP contribution >= 0.6 is 0 Å². The fraction of sp³-hybridized carbons (Fsp3) is 0.533. The predicted octanol–water partition coefficient (Wildman–Crippen LogP) is 3.37. The molecule has 2 nitrogen and oxygen atoms in total. The molecule has 0 unspecified atom stereocenters. The Morgan fingerprint density at radius 3 is 2.79 bits per heavy atom. The van der Waals surface area contributed by atoms with Gasteiger partial charge in [0.25, 0.3) is 5.91 Å². The van der Waals surface area contributed by atoms with Crippen molar-refractivity contribution in [3.8, 4) is 0 Å². The molecule has 4 heteroatoms. The van der Waals surface area contributed by atoms with Crippen molar-refractivity contribution in [2.45, 2.75) is 38.1 Å². The Kier molecular flexibility index (Phi) is 3.25. The van der Waals surface area contributed by atoms with Gasteiger partial charge in [0.15, 0.2) is 11.6 Å². The molecule has 1 heterocycles. The summed E-state index contributed by atoms with van der Waals surface area (Å²) in [5, 5.41) is 0. The van der Waals surface area contributed by atoms with Gasteiger partial charge in [-0.2, -0.15) is 0 Å². The highest BCUT2D eigenvalue weighted by Crippen LogP contribution is 2.37. The average molecular weight is 265 g/mol. The van der Waals surface area contributed by atoms with E-state index in [4.69, 9.17) is 0 Å². The van der Waals surface area contributed by atoms with Gasteiger partial charge in [-0.1, -0.05) is 18.9 Å². The van der Waals surface area contributed by atoms with E-state index >= 15 is 0 Å². The van der Waals surface area contributed by atoms with Crippen molar-refractivity contribution in [3.05, 3.63) is 35.4 Å². The van der Waals surface area contributed by atoms with Gasteiger partial charge in [-0.25, -0.2) is 8.78 Å². The summed E-state index contributed by atoms with van der Waals surface area (Å²) in [6, 6.07) is 4.03. The lowest BCUT2D eigenvalue weighted by molar-refractivity contribution is 0.0684. The third-order valence-electron chi connectivity index (χ3n) is 4.45. The van der Waals surface area contributed by atoms with Crippen molar-refractivity contribution in [2.75, 3.05) is 6.54 Å². The molecule has 2 atom stereocenters. The summed E-state index contributed by atoms with van der Waals surface area (Å²) in [7, 11) is 0. The smallest absolute Gasteiger partial charge is 0.257 e. The number of hydrogen-bond acceptors (Lipinski definition) is 1. The molecule has 1 aliphatic carbocycles. The minimum atomic E-state index is -1.02. The Balaban J connectivity index is 1.86. The first-order chi connectivity index (χ1) is 9.18. The summed E-state index contributed by atoms with van der Waals surface area (Å²) in [6.07, 6.45) is 5.48. The maximum absolute atomic E-state index is 13.7. The Morgan fingerprint density at radius 2 is 1.95 bits per heavy atom. The van der Waals surface area contributed by atoms with E-state index in [1.165, 1.54) is 18.6 Å². The van der Waals surface area contributed by atoms with E-state index in [0.29, 0.717) is 12.5 Å². The topological polar surface area (TPSA) is 20.3 Å². The number of amides is 1. The monoisotopic (exact) mass is 265 g/mol. The normalized spacial score (nSPS) is 26.3. The number of hydrogen-bond donors (Lipinski definition) is 0. The lowest BCUT2D eigenvalue weighted by Crippen LogP contribution is -2.39. The lowest BCUT2D eigenvalue weighted by atomic mass is 9.85. The summed E-state index contributed by atoms with van der Waals surface area (Å²) in [5.74, 6) is -1.78. The van der Waals surface area contributed by atoms with Gasteiger partial charge in [0, 0.05) is 12.6 Å². The van der Waals surface area contributed by atoms with Crippen molar-refractivity contribution < 1.29 is 13.6 Å². The van der Waals surface area contributed by atoms with Gasteiger partial charge in [-0.15, -0.1) is 0 Å². The van der Waals surface area contributed by atoms with Crippen LogP contribution in [0, 0.1) is 17.6 Å². The Hall–Kier alpha value is -1.45. The van der Waals surface area contributed by atoms with Gasteiger partial charge < -0.3 is 4.90 Å². The Bertz CT molecular complexity index is 503. The van der Waals surface area contributed by atoms with Gasteiger partial charge in [0.1, 0.15) is 0 Å². The molecule has 0 bridgehead atoms. The molecule has 0 spiro atoms. The summed E-state index contributed by atoms with van der Waals surface area (Å²) >= 11 is 0. The van der Waals surface area contributed by atoms with Gasteiger partial charge in [-0.05, 0) is 37.3 Å². The molecule has 19 heavy (non-hydrogen) atoms. The number of likely N-dealkylation sites (tertiary alicyclic amines) is 1. The highest BCUT2D eigenvalue weighted by atomic mass is 19.2. The highest BCUT2D eigenvalue weighted by molar-refractivity contribution is 5.95. The molecule has 0 N–H and O–H groups in total. The first kappa shape index (κ1) is 12.6. The van der Waals surface area contributed by atoms with E-state index in [-0.39, 0.29) is 17.5 Å². The van der Waals surface area contributed by atoms with Crippen LogP contribution in [0.25, 0.3) is 0 Å². The van der Waals surface area contributed by atoms with Crippen LogP contribution in [-0.2, 0) is 0 Å². The maximum atomic E-state index is 13.7. The largest absolute Gasteiger partial charge is 0.335 e. The molecule has 3 rings (SSSR count). The molecule has 2 aliphatic rings. The van der Waals surface area contributed by atoms with E-state index in [1.54, 1.807) is 4.90 Å². The second kappa shape index (κ2) is 4.91. The Morgan fingerprint density at radius 1 is 1.16 bits per heavy atom. The molecular formula is C15H17F2NO. The van der Waals surface area contributed by atoms with Crippen molar-refractivity contribution in [2.24, 2.45) is 5.92 Å². The standard InChI is InChI=1S/C15H17F2NO/c16-12-6-3-5-11(14(12)17)15(19)18-9-8-10-4-1-2-7-13(10)18/h3,5-6,10,13H,1-2,4,7-9H2/t10-,13+/m1/s1. The predicted molar refractivity (Wildman–Crippen MR) is 67.8 cm³/mol. The van der Waals surface area contributed by atoms with E-state index in [2.05, 4.69) is 0 Å². The third-order valence-corrected chi connectivity index (χ3v) is 4.45. The first-order valence-corrected chi connectivity index (χ1v) is 6.93. The fourth-order valence-corrected chi connectivity index (χ4v) is 3.48. The molecule has 0 aromatic heterocycles. The zero-order valence-corrected chi connectivity index (χ0v) is 10.7. The van der Waals surface area contributed by atoms with Crippen molar-refractivity contribution in [1.82, 2.24) is 4.90 Å². The summed E-state index contributed by atoms with van der Waals surface area (Å²) in [4.78, 5) is 14.1. The summed E-state index contributed by atoms with van der Waals surface area (Å²) in [6.45, 7) is 0.671. The minimum Gasteiger partial charge on any atom is -0.335 e. The zero-order valence-electron chi connectivity index (χ0n) is 10.7. The van der Waals surface area contributed by atoms with E-state index < -0.39 is 11.6 Å². The van der Waals surface area contributed by atoms with Crippen LogP contribution < -0.4 is 0 Å². The molecule has 1 aromatic carbocycles. The van der Waals surface area contributed by atoms with Gasteiger partial charge in [-0.3, -0.25) is 4.79 Å². The molecule has 1 saturated carbocycles. The summed E-state index contributed by atoms with van der Waals surface area (Å²) < 4.78 is 26.9. The van der Waals surface area contributed by atoms with Crippen molar-refractivity contribution in [1.29, 1.82) is 0 Å². The van der Waals surface area contributed by atoms with Crippen LogP contribution in [0.2, 0.25) is 0 Å². The minimum absolute atomic E-state index is 0.133. The van der Waals surface area contributed by atoms with Crippen LogP contribution in [0.5, 0.6) is 0 Å². The van der Waals surface area contributed by atoms with Crippen LogP contribution in [0.3, 0.4) is 0 Å². The van der Waals surface area contributed by atoms with Gasteiger partial charge >= 0.3 is 0 Å². The van der Waals surface area contributed by atoms with E-state index in [0.717, 1.165) is 31.7 Å². The number of benzene rings is 1. The third kappa shape index (κ3) is 2.13. The first-order valence-electron chi connectivity index (χ1n) is 6.93. The molecule has 1 aromatic rings. The number of halogens is 2. The van der Waals surface area contributed by atoms with Crippen molar-refractivity contribution in [3.63, 3.8) is 0 Å². The van der Waals surface area contributed by atoms with Crippen LogP contribution in [0.4, 0.5) is 8.78 Å². The molecule has 102 valence electrons. The molecular weight excluding hydrogens is 248 g/mol. The fourth-order valence-electron chi connectivity index (χ4n) is 3.48. The van der Waals surface area contributed by atoms with E-state index in [1.807, 2.05) is 0 Å². The number of nitrogens with zero attached hydrogens (tertiary/aromatic N) is 1. The van der Waals surface area contributed by atoms with Gasteiger partial charge in [0.2, 0.25) is 0 Å². The van der Waals surface area contributed by atoms with Crippen LogP contribution in [0.1, 0.15) is 42.5 Å². The molecule has 1 amide bonds. The second-order valence-corrected chi connectivity index (χ2v) is 5.50. The molecule has 1 aliphatic heterocycles. The number of carbonyl (C=O) groups excluding carboxylic acids is 1. The van der Waals surface area contributed by atoms with Crippen LogP contribution in [-0.4, -0.2) is 23.4 Å². The average Bonchev–Trinajstić information content (AvgIpc) is 2.85. The second-order valence-electron chi connectivity index (χ2n) is 5.50. The number of carbonyl (C=O) groups is 1. The molecule has 0 radical (unpaired) electrons. The van der Waals surface area contributed by atoms with Gasteiger partial charge in [0.05, 0.1) is 5.56 Å². The van der Waals surface area contributed by atoms with Crippen LogP contribution in [0.15, 0.2) is 18.2 Å². The number of rotatable bonds is 1. The Labute approximate surface area is 111 Å². The van der Waals surface area contributed by atoms with E-state index in [9.17, 15) is 13.6 Å². The highest BCUT2D eigenvalue weighted by Gasteiger charge is 2.39. The molecule has 2 fully saturated rings. The number of fused-ring (bicyclic) bond motifs is 1. The SMILES string of the molecule is O=C(c1cccc(F)c1F)N1CC[C@H]2CCCC[C@@H]21. The quantitative estimate of drug-likeness (QED) is 0.762. The molecule has 1 saturated heterocycles. The maximum Gasteiger partial charge on any atom is 0.257 e.